The molecule has 0 aliphatic carbocycles. The number of benzene rings is 2. The highest BCUT2D eigenvalue weighted by Crippen LogP contribution is 2.34. The molecule has 5 nitrogen and oxygen atoms in total. The van der Waals surface area contributed by atoms with Gasteiger partial charge in [0.25, 0.3) is 0 Å². The van der Waals surface area contributed by atoms with Crippen molar-refractivity contribution in [2.75, 3.05) is 37.4 Å². The monoisotopic (exact) mass is 370 g/mol. The third kappa shape index (κ3) is 4.38. The normalized spacial score (nSPS) is 13.3. The van der Waals surface area contributed by atoms with Crippen LogP contribution in [0.15, 0.2) is 53.4 Å². The van der Waals surface area contributed by atoms with Gasteiger partial charge in [-0.15, -0.1) is 11.8 Å². The Kier molecular flexibility index (Phi) is 5.83. The predicted molar refractivity (Wildman–Crippen MR) is 104 cm³/mol. The third-order valence-corrected chi connectivity index (χ3v) is 5.26. The summed E-state index contributed by atoms with van der Waals surface area (Å²) in [5.74, 6) is 1.02. The van der Waals surface area contributed by atoms with Gasteiger partial charge in [-0.05, 0) is 36.8 Å². The molecule has 136 valence electrons. The Hall–Kier alpha value is -2.47. The van der Waals surface area contributed by atoms with Crippen molar-refractivity contribution in [3.63, 3.8) is 0 Å². The van der Waals surface area contributed by atoms with Crippen LogP contribution in [0, 0.1) is 6.92 Å². The Balaban J connectivity index is 1.55. The molecule has 1 aliphatic rings. The number of nitrogens with zero attached hydrogens (tertiary/aromatic N) is 2. The molecule has 0 spiro atoms. The molecule has 6 heteroatoms. The molecule has 3 rings (SSSR count). The number of anilines is 1. The van der Waals surface area contributed by atoms with Crippen LogP contribution in [0.4, 0.5) is 5.69 Å². The number of rotatable bonds is 6. The van der Waals surface area contributed by atoms with Crippen molar-refractivity contribution in [2.45, 2.75) is 11.8 Å². The van der Waals surface area contributed by atoms with Crippen LogP contribution in [-0.2, 0) is 9.59 Å². The van der Waals surface area contributed by atoms with E-state index in [1.54, 1.807) is 16.8 Å². The maximum absolute atomic E-state index is 12.5. The van der Waals surface area contributed by atoms with E-state index in [1.807, 2.05) is 55.5 Å². The fourth-order valence-corrected chi connectivity index (χ4v) is 3.65. The van der Waals surface area contributed by atoms with Crippen molar-refractivity contribution in [3.8, 4) is 5.75 Å². The molecule has 0 fully saturated rings. The van der Waals surface area contributed by atoms with Crippen LogP contribution in [0.1, 0.15) is 5.56 Å². The highest BCUT2D eigenvalue weighted by molar-refractivity contribution is 8.00. The molecule has 0 aromatic heterocycles. The van der Waals surface area contributed by atoms with Crippen LogP contribution in [-0.4, -0.2) is 49.2 Å². The molecular weight excluding hydrogens is 348 g/mol. The van der Waals surface area contributed by atoms with Gasteiger partial charge in [0.1, 0.15) is 18.9 Å². The number of carbonyl (C=O) groups excluding carboxylic acids is 2. The maximum atomic E-state index is 12.5. The molecule has 0 radical (unpaired) electrons. The smallest absolute Gasteiger partial charge is 0.242 e. The summed E-state index contributed by atoms with van der Waals surface area (Å²) >= 11 is 1.51. The van der Waals surface area contributed by atoms with Crippen molar-refractivity contribution in [3.05, 3.63) is 54.1 Å². The summed E-state index contributed by atoms with van der Waals surface area (Å²) in [5.41, 5.74) is 1.94. The Morgan fingerprint density at radius 3 is 2.85 bits per heavy atom. The second-order valence-electron chi connectivity index (χ2n) is 6.22. The molecular formula is C20H22N2O3S. The Morgan fingerprint density at radius 1 is 1.23 bits per heavy atom. The van der Waals surface area contributed by atoms with Gasteiger partial charge in [0.05, 0.1) is 18.0 Å². The standard InChI is InChI=1S/C20H22N2O3S/c1-15-6-5-7-16(12-15)25-11-10-21(2)19(23)13-22-17-8-3-4-9-18(17)26-14-20(22)24/h3-9,12H,10-11,13-14H2,1-2H3. The summed E-state index contributed by atoms with van der Waals surface area (Å²) in [6, 6.07) is 15.5. The van der Waals surface area contributed by atoms with Gasteiger partial charge in [0.15, 0.2) is 0 Å². The largest absolute Gasteiger partial charge is 0.492 e. The minimum absolute atomic E-state index is 0.0357. The van der Waals surface area contributed by atoms with Gasteiger partial charge >= 0.3 is 0 Å². The Morgan fingerprint density at radius 2 is 2.04 bits per heavy atom. The van der Waals surface area contributed by atoms with Gasteiger partial charge in [-0.2, -0.15) is 0 Å². The van der Waals surface area contributed by atoms with E-state index in [-0.39, 0.29) is 18.4 Å². The Bertz CT molecular complexity index is 809. The number of aryl methyl sites for hydroxylation is 1. The molecule has 2 aromatic rings. The van der Waals surface area contributed by atoms with E-state index < -0.39 is 0 Å². The molecule has 2 aromatic carbocycles. The average molecular weight is 370 g/mol. The van der Waals surface area contributed by atoms with Crippen LogP contribution < -0.4 is 9.64 Å². The van der Waals surface area contributed by atoms with Gasteiger partial charge in [-0.3, -0.25) is 9.59 Å². The molecule has 0 bridgehead atoms. The summed E-state index contributed by atoms with van der Waals surface area (Å²) in [4.78, 5) is 29.0. The number of para-hydroxylation sites is 1. The summed E-state index contributed by atoms with van der Waals surface area (Å²) in [7, 11) is 1.73. The number of ether oxygens (including phenoxy) is 1. The Labute approximate surface area is 157 Å². The van der Waals surface area contributed by atoms with Gasteiger partial charge < -0.3 is 14.5 Å². The van der Waals surface area contributed by atoms with Crippen LogP contribution in [0.25, 0.3) is 0 Å². The first-order chi connectivity index (χ1) is 12.5. The topological polar surface area (TPSA) is 49.9 Å². The van der Waals surface area contributed by atoms with Gasteiger partial charge in [0.2, 0.25) is 11.8 Å². The van der Waals surface area contributed by atoms with E-state index in [0.29, 0.717) is 18.9 Å². The van der Waals surface area contributed by atoms with Crippen molar-refractivity contribution < 1.29 is 14.3 Å². The zero-order valence-corrected chi connectivity index (χ0v) is 15.8. The first kappa shape index (κ1) is 18.3. The quantitative estimate of drug-likeness (QED) is 0.784. The second-order valence-corrected chi connectivity index (χ2v) is 7.23. The summed E-state index contributed by atoms with van der Waals surface area (Å²) in [5, 5.41) is 0. The number of hydrogen-bond donors (Lipinski definition) is 0. The average Bonchev–Trinajstić information content (AvgIpc) is 2.64. The fraction of sp³-hybridized carbons (Fsp3) is 0.300. The molecule has 0 atom stereocenters. The highest BCUT2D eigenvalue weighted by atomic mass is 32.2. The number of amides is 2. The van der Waals surface area contributed by atoms with E-state index in [9.17, 15) is 9.59 Å². The lowest BCUT2D eigenvalue weighted by Gasteiger charge is -2.30. The summed E-state index contributed by atoms with van der Waals surface area (Å²) in [6.07, 6.45) is 0. The molecule has 0 N–H and O–H groups in total. The highest BCUT2D eigenvalue weighted by Gasteiger charge is 2.27. The van der Waals surface area contributed by atoms with Crippen LogP contribution >= 0.6 is 11.8 Å². The van der Waals surface area contributed by atoms with E-state index >= 15 is 0 Å². The number of likely N-dealkylation sites (N-methyl/N-ethyl adjacent to an activating group) is 1. The van der Waals surface area contributed by atoms with Crippen molar-refractivity contribution >= 4 is 29.3 Å². The molecule has 0 saturated heterocycles. The number of thioether (sulfide) groups is 1. The molecule has 26 heavy (non-hydrogen) atoms. The molecule has 2 amide bonds. The van der Waals surface area contributed by atoms with Gasteiger partial charge in [0, 0.05) is 11.9 Å². The van der Waals surface area contributed by atoms with Crippen molar-refractivity contribution in [1.82, 2.24) is 4.90 Å². The van der Waals surface area contributed by atoms with Crippen molar-refractivity contribution in [2.24, 2.45) is 0 Å². The minimum atomic E-state index is -0.104. The van der Waals surface area contributed by atoms with Crippen LogP contribution in [0.2, 0.25) is 0 Å². The first-order valence-electron chi connectivity index (χ1n) is 8.50. The van der Waals surface area contributed by atoms with E-state index in [4.69, 9.17) is 4.74 Å². The maximum Gasteiger partial charge on any atom is 0.242 e. The number of hydrogen-bond acceptors (Lipinski definition) is 4. The number of carbonyl (C=O) groups is 2. The van der Waals surface area contributed by atoms with Gasteiger partial charge in [-0.1, -0.05) is 24.3 Å². The second kappa shape index (κ2) is 8.27. The van der Waals surface area contributed by atoms with Crippen LogP contribution in [0.3, 0.4) is 0 Å². The SMILES string of the molecule is Cc1cccc(OCCN(C)C(=O)CN2C(=O)CSc3ccccc32)c1. The number of fused-ring (bicyclic) bond motifs is 1. The zero-order chi connectivity index (χ0) is 18.5. The third-order valence-electron chi connectivity index (χ3n) is 4.21. The lowest BCUT2D eigenvalue weighted by atomic mass is 10.2. The first-order valence-corrected chi connectivity index (χ1v) is 9.49. The summed E-state index contributed by atoms with van der Waals surface area (Å²) < 4.78 is 5.70. The molecule has 0 unspecified atom stereocenters. The fourth-order valence-electron chi connectivity index (χ4n) is 2.71. The molecule has 1 heterocycles. The zero-order valence-electron chi connectivity index (χ0n) is 15.0. The molecule has 1 aliphatic heterocycles. The lowest BCUT2D eigenvalue weighted by molar-refractivity contribution is -0.130. The van der Waals surface area contributed by atoms with Gasteiger partial charge in [-0.25, -0.2) is 0 Å². The van der Waals surface area contributed by atoms with E-state index in [0.717, 1.165) is 21.9 Å². The summed E-state index contributed by atoms with van der Waals surface area (Å²) in [6.45, 7) is 2.93. The van der Waals surface area contributed by atoms with Crippen LogP contribution in [0.5, 0.6) is 5.75 Å². The minimum Gasteiger partial charge on any atom is -0.492 e. The lowest BCUT2D eigenvalue weighted by Crippen LogP contribution is -2.44. The van der Waals surface area contributed by atoms with Crippen molar-refractivity contribution in [1.29, 1.82) is 0 Å². The molecule has 0 saturated carbocycles. The van der Waals surface area contributed by atoms with E-state index in [2.05, 4.69) is 0 Å². The predicted octanol–water partition coefficient (Wildman–Crippen LogP) is 2.97. The van der Waals surface area contributed by atoms with E-state index in [1.165, 1.54) is 11.8 Å².